The van der Waals surface area contributed by atoms with Crippen LogP contribution >= 0.6 is 0 Å². The van der Waals surface area contributed by atoms with Gasteiger partial charge >= 0.3 is 12.1 Å². The van der Waals surface area contributed by atoms with Crippen molar-refractivity contribution in [2.75, 3.05) is 13.2 Å². The van der Waals surface area contributed by atoms with Crippen LogP contribution in [-0.4, -0.2) is 35.9 Å². The standard InChI is InChI=1S/C17H21NO6/c1-10-13-11(6-5-7-12(13)23-14(10)15(19)20)22-9-8-18-16(21)24-17(2,3)4/h5-7H,8-9H2,1-4H3,(H,18,21)(H,19,20). The second-order valence-electron chi connectivity index (χ2n) is 6.27. The largest absolute Gasteiger partial charge is 0.491 e. The summed E-state index contributed by atoms with van der Waals surface area (Å²) >= 11 is 0. The van der Waals surface area contributed by atoms with Crippen LogP contribution in [0.3, 0.4) is 0 Å². The first kappa shape index (κ1) is 17.7. The number of carboxylic acids is 1. The second-order valence-corrected chi connectivity index (χ2v) is 6.27. The Hall–Kier alpha value is -2.70. The van der Waals surface area contributed by atoms with Gasteiger partial charge in [-0.05, 0) is 39.8 Å². The number of carbonyl (C=O) groups excluding carboxylic acids is 1. The zero-order chi connectivity index (χ0) is 17.9. The van der Waals surface area contributed by atoms with E-state index < -0.39 is 17.7 Å². The lowest BCUT2D eigenvalue weighted by atomic mass is 10.1. The van der Waals surface area contributed by atoms with Gasteiger partial charge in [0.05, 0.1) is 11.9 Å². The summed E-state index contributed by atoms with van der Waals surface area (Å²) in [6, 6.07) is 5.12. The predicted molar refractivity (Wildman–Crippen MR) is 87.6 cm³/mol. The normalized spacial score (nSPS) is 11.3. The Balaban J connectivity index is 2.01. The Morgan fingerprint density at radius 1 is 1.29 bits per heavy atom. The van der Waals surface area contributed by atoms with Gasteiger partial charge in [-0.25, -0.2) is 9.59 Å². The van der Waals surface area contributed by atoms with Crippen molar-refractivity contribution in [2.45, 2.75) is 33.3 Å². The molecule has 0 unspecified atom stereocenters. The Morgan fingerprint density at radius 2 is 2.00 bits per heavy atom. The van der Waals surface area contributed by atoms with E-state index in [1.165, 1.54) is 0 Å². The molecule has 7 nitrogen and oxygen atoms in total. The Labute approximate surface area is 139 Å². The molecule has 1 amide bonds. The molecular formula is C17H21NO6. The summed E-state index contributed by atoms with van der Waals surface area (Å²) in [5.74, 6) is -0.721. The van der Waals surface area contributed by atoms with Gasteiger partial charge in [0.25, 0.3) is 0 Å². The molecule has 0 fully saturated rings. The summed E-state index contributed by atoms with van der Waals surface area (Å²) < 4.78 is 16.1. The van der Waals surface area contributed by atoms with Gasteiger partial charge in [0.15, 0.2) is 0 Å². The van der Waals surface area contributed by atoms with Crippen LogP contribution in [0.25, 0.3) is 11.0 Å². The van der Waals surface area contributed by atoms with Crippen LogP contribution in [0.2, 0.25) is 0 Å². The van der Waals surface area contributed by atoms with Crippen LogP contribution < -0.4 is 10.1 Å². The fourth-order valence-corrected chi connectivity index (χ4v) is 2.22. The number of rotatable bonds is 5. The molecule has 1 heterocycles. The number of aromatic carboxylic acids is 1. The van der Waals surface area contributed by atoms with Crippen LogP contribution in [0, 0.1) is 6.92 Å². The minimum Gasteiger partial charge on any atom is -0.491 e. The lowest BCUT2D eigenvalue weighted by Crippen LogP contribution is -2.34. The third kappa shape index (κ3) is 4.18. The molecule has 0 spiro atoms. The molecule has 0 aliphatic heterocycles. The van der Waals surface area contributed by atoms with Crippen molar-refractivity contribution < 1.29 is 28.6 Å². The monoisotopic (exact) mass is 335 g/mol. The third-order valence-corrected chi connectivity index (χ3v) is 3.14. The summed E-state index contributed by atoms with van der Waals surface area (Å²) in [7, 11) is 0. The van der Waals surface area contributed by atoms with Crippen molar-refractivity contribution in [3.8, 4) is 5.75 Å². The molecule has 0 atom stereocenters. The summed E-state index contributed by atoms with van der Waals surface area (Å²) in [5.41, 5.74) is 0.396. The summed E-state index contributed by atoms with van der Waals surface area (Å²) in [6.45, 7) is 7.49. The number of carbonyl (C=O) groups is 2. The maximum atomic E-state index is 11.5. The second kappa shape index (κ2) is 6.82. The van der Waals surface area contributed by atoms with Gasteiger partial charge in [0, 0.05) is 5.56 Å². The van der Waals surface area contributed by atoms with Gasteiger partial charge < -0.3 is 24.3 Å². The first-order chi connectivity index (χ1) is 11.2. The SMILES string of the molecule is Cc1c(C(=O)O)oc2cccc(OCCNC(=O)OC(C)(C)C)c12. The number of carboxylic acid groups (broad SMARTS) is 1. The average Bonchev–Trinajstić information content (AvgIpc) is 2.80. The van der Waals surface area contributed by atoms with E-state index in [2.05, 4.69) is 5.32 Å². The van der Waals surface area contributed by atoms with Crippen LogP contribution in [0.1, 0.15) is 36.9 Å². The number of hydrogen-bond acceptors (Lipinski definition) is 5. The highest BCUT2D eigenvalue weighted by atomic mass is 16.6. The number of furan rings is 1. The first-order valence-electron chi connectivity index (χ1n) is 7.54. The molecular weight excluding hydrogens is 314 g/mol. The fourth-order valence-electron chi connectivity index (χ4n) is 2.22. The summed E-state index contributed by atoms with van der Waals surface area (Å²) in [5, 5.41) is 12.3. The first-order valence-corrected chi connectivity index (χ1v) is 7.54. The van der Waals surface area contributed by atoms with Crippen molar-refractivity contribution in [3.63, 3.8) is 0 Å². The van der Waals surface area contributed by atoms with Crippen molar-refractivity contribution >= 4 is 23.0 Å². The van der Waals surface area contributed by atoms with Gasteiger partial charge in [-0.2, -0.15) is 0 Å². The Morgan fingerprint density at radius 3 is 2.62 bits per heavy atom. The number of amides is 1. The topological polar surface area (TPSA) is 98.0 Å². The highest BCUT2D eigenvalue weighted by Crippen LogP contribution is 2.33. The van der Waals surface area contributed by atoms with Crippen LogP contribution in [-0.2, 0) is 4.74 Å². The van der Waals surface area contributed by atoms with E-state index in [9.17, 15) is 9.59 Å². The van der Waals surface area contributed by atoms with Crippen molar-refractivity contribution in [2.24, 2.45) is 0 Å². The number of aryl methyl sites for hydroxylation is 1. The maximum Gasteiger partial charge on any atom is 0.407 e. The molecule has 2 rings (SSSR count). The number of alkyl carbamates (subject to hydrolysis) is 1. The Bertz CT molecular complexity index is 756. The highest BCUT2D eigenvalue weighted by Gasteiger charge is 2.19. The maximum absolute atomic E-state index is 11.5. The van der Waals surface area contributed by atoms with E-state index in [4.69, 9.17) is 19.0 Å². The lowest BCUT2D eigenvalue weighted by molar-refractivity contribution is 0.0519. The molecule has 0 aliphatic carbocycles. The number of benzene rings is 1. The molecule has 2 N–H and O–H groups in total. The molecule has 0 saturated carbocycles. The average molecular weight is 335 g/mol. The molecule has 1 aromatic heterocycles. The van der Waals surface area contributed by atoms with Crippen molar-refractivity contribution in [1.82, 2.24) is 5.32 Å². The number of hydrogen-bond donors (Lipinski definition) is 2. The summed E-state index contributed by atoms with van der Waals surface area (Å²) in [6.07, 6.45) is -0.517. The van der Waals surface area contributed by atoms with E-state index in [0.717, 1.165) is 0 Å². The van der Waals surface area contributed by atoms with Gasteiger partial charge in [0.2, 0.25) is 5.76 Å². The minimum atomic E-state index is -1.12. The van der Waals surface area contributed by atoms with Crippen LogP contribution in [0.15, 0.2) is 22.6 Å². The van der Waals surface area contributed by atoms with E-state index in [1.807, 2.05) is 0 Å². The fraction of sp³-hybridized carbons (Fsp3) is 0.412. The van der Waals surface area contributed by atoms with Gasteiger partial charge in [-0.1, -0.05) is 6.07 Å². The molecule has 0 saturated heterocycles. The van der Waals surface area contributed by atoms with Crippen molar-refractivity contribution in [3.05, 3.63) is 29.5 Å². The van der Waals surface area contributed by atoms with Gasteiger partial charge in [0.1, 0.15) is 23.5 Å². The molecule has 0 aliphatic rings. The molecule has 2 aromatic rings. The van der Waals surface area contributed by atoms with E-state index in [-0.39, 0.29) is 18.9 Å². The number of nitrogens with one attached hydrogen (secondary N) is 1. The Kier molecular flexibility index (Phi) is 5.02. The van der Waals surface area contributed by atoms with Crippen LogP contribution in [0.5, 0.6) is 5.75 Å². The smallest absolute Gasteiger partial charge is 0.407 e. The van der Waals surface area contributed by atoms with Gasteiger partial charge in [-0.3, -0.25) is 0 Å². The van der Waals surface area contributed by atoms with Crippen LogP contribution in [0.4, 0.5) is 4.79 Å². The minimum absolute atomic E-state index is 0.104. The molecule has 130 valence electrons. The van der Waals surface area contributed by atoms with E-state index >= 15 is 0 Å². The quantitative estimate of drug-likeness (QED) is 0.813. The van der Waals surface area contributed by atoms with Crippen molar-refractivity contribution in [1.29, 1.82) is 0 Å². The van der Waals surface area contributed by atoms with Gasteiger partial charge in [-0.15, -0.1) is 0 Å². The zero-order valence-electron chi connectivity index (χ0n) is 14.1. The van der Waals surface area contributed by atoms with E-state index in [1.54, 1.807) is 45.9 Å². The predicted octanol–water partition coefficient (Wildman–Crippen LogP) is 3.34. The lowest BCUT2D eigenvalue weighted by Gasteiger charge is -2.19. The van der Waals surface area contributed by atoms with E-state index in [0.29, 0.717) is 22.3 Å². The number of fused-ring (bicyclic) bond motifs is 1. The summed E-state index contributed by atoms with van der Waals surface area (Å²) in [4.78, 5) is 22.7. The molecule has 7 heteroatoms. The molecule has 1 aromatic carbocycles. The molecule has 24 heavy (non-hydrogen) atoms. The molecule has 0 radical (unpaired) electrons. The highest BCUT2D eigenvalue weighted by molar-refractivity contribution is 5.97. The molecule has 0 bridgehead atoms. The number of ether oxygens (including phenoxy) is 2. The zero-order valence-corrected chi connectivity index (χ0v) is 14.1. The third-order valence-electron chi connectivity index (χ3n) is 3.14.